The van der Waals surface area contributed by atoms with E-state index >= 15 is 0 Å². The summed E-state index contributed by atoms with van der Waals surface area (Å²) in [5.74, 6) is -0.145. The number of alkyl halides is 1. The number of hydrogen-bond acceptors (Lipinski definition) is 2. The van der Waals surface area contributed by atoms with Gasteiger partial charge in [0, 0.05) is 5.33 Å². The summed E-state index contributed by atoms with van der Waals surface area (Å²) in [6.45, 7) is 0. The highest BCUT2D eigenvalue weighted by Crippen LogP contribution is 2.13. The van der Waals surface area contributed by atoms with Crippen molar-refractivity contribution in [1.82, 2.24) is 5.43 Å². The van der Waals surface area contributed by atoms with Crippen LogP contribution in [-0.4, -0.2) is 16.9 Å². The number of carbonyl (C=O) groups excluding carboxylic acids is 1. The van der Waals surface area contributed by atoms with E-state index in [1.807, 2.05) is 36.4 Å². The highest BCUT2D eigenvalue weighted by Gasteiger charge is 2.20. The van der Waals surface area contributed by atoms with Crippen molar-refractivity contribution < 1.29 is 4.79 Å². The molecule has 2 rings (SSSR count). The Balaban J connectivity index is 2.34. The van der Waals surface area contributed by atoms with E-state index < -0.39 is 0 Å². The molecule has 0 aromatic heterocycles. The van der Waals surface area contributed by atoms with Crippen molar-refractivity contribution >= 4 is 33.6 Å². The largest absolute Gasteiger partial charge is 0.273 e. The third kappa shape index (κ3) is 2.15. The number of carbonyl (C=O) groups is 1. The Hall–Kier alpha value is -1.42. The normalized spacial score (nSPS) is 17.8. The van der Waals surface area contributed by atoms with E-state index in [2.05, 4.69) is 26.5 Å². The van der Waals surface area contributed by atoms with Gasteiger partial charge < -0.3 is 0 Å². The SMILES string of the molecule is O=C1NN=C(CBr)/C1=C\c1ccccc1. The summed E-state index contributed by atoms with van der Waals surface area (Å²) < 4.78 is 0. The smallest absolute Gasteiger partial charge is 0.267 e. The van der Waals surface area contributed by atoms with Gasteiger partial charge in [-0.1, -0.05) is 46.3 Å². The summed E-state index contributed by atoms with van der Waals surface area (Å²) in [4.78, 5) is 11.4. The Kier molecular flexibility index (Phi) is 2.97. The minimum absolute atomic E-state index is 0.145. The fourth-order valence-corrected chi connectivity index (χ4v) is 1.76. The first-order valence-electron chi connectivity index (χ1n) is 4.51. The summed E-state index contributed by atoms with van der Waals surface area (Å²) in [5, 5.41) is 4.49. The lowest BCUT2D eigenvalue weighted by Gasteiger charge is -1.97. The average molecular weight is 265 g/mol. The zero-order chi connectivity index (χ0) is 10.7. The molecule has 76 valence electrons. The second-order valence-corrected chi connectivity index (χ2v) is 3.66. The minimum Gasteiger partial charge on any atom is -0.267 e. The van der Waals surface area contributed by atoms with Crippen molar-refractivity contribution in [3.05, 3.63) is 41.5 Å². The van der Waals surface area contributed by atoms with Crippen LogP contribution >= 0.6 is 15.9 Å². The predicted octanol–water partition coefficient (Wildman–Crippen LogP) is 1.95. The molecule has 0 atom stereocenters. The van der Waals surface area contributed by atoms with Crippen molar-refractivity contribution in [3.8, 4) is 0 Å². The van der Waals surface area contributed by atoms with E-state index in [9.17, 15) is 4.79 Å². The summed E-state index contributed by atoms with van der Waals surface area (Å²) in [7, 11) is 0. The molecule has 0 spiro atoms. The molecule has 1 N–H and O–H groups in total. The van der Waals surface area contributed by atoms with Crippen molar-refractivity contribution in [2.24, 2.45) is 5.10 Å². The topological polar surface area (TPSA) is 41.5 Å². The number of nitrogens with one attached hydrogen (secondary N) is 1. The fourth-order valence-electron chi connectivity index (χ4n) is 1.34. The van der Waals surface area contributed by atoms with Crippen LogP contribution in [0.5, 0.6) is 0 Å². The van der Waals surface area contributed by atoms with Crippen LogP contribution in [0.3, 0.4) is 0 Å². The van der Waals surface area contributed by atoms with Crippen LogP contribution < -0.4 is 5.43 Å². The third-order valence-electron chi connectivity index (χ3n) is 2.09. The summed E-state index contributed by atoms with van der Waals surface area (Å²) in [5.41, 5.74) is 4.80. The van der Waals surface area contributed by atoms with Gasteiger partial charge in [-0.15, -0.1) is 0 Å². The first-order chi connectivity index (χ1) is 7.31. The average Bonchev–Trinajstić information content (AvgIpc) is 2.62. The first-order valence-corrected chi connectivity index (χ1v) is 5.63. The molecule has 0 bridgehead atoms. The van der Waals surface area contributed by atoms with Gasteiger partial charge >= 0.3 is 0 Å². The van der Waals surface area contributed by atoms with Crippen LogP contribution in [0.4, 0.5) is 0 Å². The molecular formula is C11H9BrN2O. The minimum atomic E-state index is -0.145. The molecular weight excluding hydrogens is 256 g/mol. The molecule has 3 nitrogen and oxygen atoms in total. The monoisotopic (exact) mass is 264 g/mol. The molecule has 1 aliphatic heterocycles. The van der Waals surface area contributed by atoms with Crippen LogP contribution in [-0.2, 0) is 4.79 Å². The predicted molar refractivity (Wildman–Crippen MR) is 63.8 cm³/mol. The summed E-state index contributed by atoms with van der Waals surface area (Å²) in [6.07, 6.45) is 1.84. The van der Waals surface area contributed by atoms with E-state index in [0.29, 0.717) is 10.9 Å². The molecule has 1 aromatic rings. The van der Waals surface area contributed by atoms with Gasteiger partial charge in [0.15, 0.2) is 0 Å². The van der Waals surface area contributed by atoms with E-state index in [-0.39, 0.29) is 5.91 Å². The molecule has 0 aliphatic carbocycles. The zero-order valence-corrected chi connectivity index (χ0v) is 9.49. The second kappa shape index (κ2) is 4.40. The highest BCUT2D eigenvalue weighted by molar-refractivity contribution is 9.09. The second-order valence-electron chi connectivity index (χ2n) is 3.10. The maximum absolute atomic E-state index is 11.4. The maximum Gasteiger partial charge on any atom is 0.273 e. The van der Waals surface area contributed by atoms with E-state index in [4.69, 9.17) is 0 Å². The van der Waals surface area contributed by atoms with Gasteiger partial charge in [-0.25, -0.2) is 5.43 Å². The Morgan fingerprint density at radius 3 is 2.73 bits per heavy atom. The molecule has 0 unspecified atom stereocenters. The highest BCUT2D eigenvalue weighted by atomic mass is 79.9. The van der Waals surface area contributed by atoms with Gasteiger partial charge in [0.25, 0.3) is 5.91 Å². The van der Waals surface area contributed by atoms with Crippen LogP contribution in [0.25, 0.3) is 6.08 Å². The van der Waals surface area contributed by atoms with Gasteiger partial charge in [-0.2, -0.15) is 5.10 Å². The Morgan fingerprint density at radius 1 is 1.33 bits per heavy atom. The van der Waals surface area contributed by atoms with Crippen molar-refractivity contribution in [2.75, 3.05) is 5.33 Å². The Labute approximate surface area is 96.0 Å². The lowest BCUT2D eigenvalue weighted by Crippen LogP contribution is -2.13. The maximum atomic E-state index is 11.4. The Morgan fingerprint density at radius 2 is 2.07 bits per heavy atom. The number of benzene rings is 1. The van der Waals surface area contributed by atoms with Gasteiger partial charge in [0.1, 0.15) is 0 Å². The molecule has 1 aromatic carbocycles. The van der Waals surface area contributed by atoms with Crippen LogP contribution in [0.2, 0.25) is 0 Å². The molecule has 0 fully saturated rings. The lowest BCUT2D eigenvalue weighted by atomic mass is 10.1. The van der Waals surface area contributed by atoms with Gasteiger partial charge in [-0.3, -0.25) is 4.79 Å². The molecule has 1 heterocycles. The van der Waals surface area contributed by atoms with Gasteiger partial charge in [-0.05, 0) is 11.6 Å². The first kappa shape index (κ1) is 10.1. The molecule has 0 radical (unpaired) electrons. The van der Waals surface area contributed by atoms with Gasteiger partial charge in [0.2, 0.25) is 0 Å². The molecule has 4 heteroatoms. The van der Waals surface area contributed by atoms with E-state index in [1.165, 1.54) is 0 Å². The standard InChI is InChI=1S/C11H9BrN2O/c12-7-10-9(11(15)14-13-10)6-8-4-2-1-3-5-8/h1-6H,7H2,(H,14,15)/b9-6+. The number of amides is 1. The van der Waals surface area contributed by atoms with Crippen LogP contribution in [0, 0.1) is 0 Å². The van der Waals surface area contributed by atoms with Crippen molar-refractivity contribution in [2.45, 2.75) is 0 Å². The number of nitrogens with zero attached hydrogens (tertiary/aromatic N) is 1. The third-order valence-corrected chi connectivity index (χ3v) is 2.62. The number of hydrazone groups is 1. The zero-order valence-electron chi connectivity index (χ0n) is 7.90. The van der Waals surface area contributed by atoms with Crippen molar-refractivity contribution in [1.29, 1.82) is 0 Å². The molecule has 1 amide bonds. The number of halogens is 1. The van der Waals surface area contributed by atoms with E-state index in [1.54, 1.807) is 0 Å². The lowest BCUT2D eigenvalue weighted by molar-refractivity contribution is -0.116. The van der Waals surface area contributed by atoms with Crippen LogP contribution in [0.15, 0.2) is 41.0 Å². The van der Waals surface area contributed by atoms with E-state index in [0.717, 1.165) is 11.3 Å². The molecule has 1 aliphatic rings. The van der Waals surface area contributed by atoms with Crippen LogP contribution in [0.1, 0.15) is 5.56 Å². The molecule has 0 saturated carbocycles. The van der Waals surface area contributed by atoms with Crippen molar-refractivity contribution in [3.63, 3.8) is 0 Å². The number of hydrogen-bond donors (Lipinski definition) is 1. The number of rotatable bonds is 2. The quantitative estimate of drug-likeness (QED) is 0.644. The summed E-state index contributed by atoms with van der Waals surface area (Å²) >= 11 is 3.29. The van der Waals surface area contributed by atoms with Gasteiger partial charge in [0.05, 0.1) is 11.3 Å². The molecule has 0 saturated heterocycles. The molecule has 15 heavy (non-hydrogen) atoms. The Bertz CT molecular complexity index is 437. The summed E-state index contributed by atoms with van der Waals surface area (Å²) in [6, 6.07) is 9.71. The fraction of sp³-hybridized carbons (Fsp3) is 0.0909.